The molecule has 1 aliphatic rings. The molecule has 7 nitrogen and oxygen atoms in total. The van der Waals surface area contributed by atoms with Crippen molar-refractivity contribution in [3.63, 3.8) is 0 Å². The Kier molecular flexibility index (Phi) is 7.76. The molecule has 1 aliphatic heterocycles. The van der Waals surface area contributed by atoms with E-state index in [1.165, 1.54) is 24.3 Å². The number of thioether (sulfide) groups is 1. The molecule has 180 valence electrons. The maximum Gasteiger partial charge on any atom is 0.387 e. The van der Waals surface area contributed by atoms with Crippen LogP contribution in [0.3, 0.4) is 0 Å². The topological polar surface area (TPSA) is 84.9 Å². The van der Waals surface area contributed by atoms with Gasteiger partial charge in [0.15, 0.2) is 29.0 Å². The Labute approximate surface area is 193 Å². The number of alkyl halides is 2. The Bertz CT molecular complexity index is 1170. The number of carbonyl (C=O) groups is 3. The van der Waals surface area contributed by atoms with E-state index >= 15 is 0 Å². The van der Waals surface area contributed by atoms with Gasteiger partial charge in [0, 0.05) is 0 Å². The first-order chi connectivity index (χ1) is 16.1. The number of nitrogens with one attached hydrogen (secondary N) is 1. The lowest BCUT2D eigenvalue weighted by Crippen LogP contribution is -2.36. The number of ether oxygens (including phenoxy) is 2. The molecule has 0 unspecified atom stereocenters. The van der Waals surface area contributed by atoms with Gasteiger partial charge in [-0.05, 0) is 54.6 Å². The molecule has 0 bridgehead atoms. The molecule has 0 aliphatic carbocycles. The summed E-state index contributed by atoms with van der Waals surface area (Å²) in [6, 6.07) is 5.28. The molecule has 3 amide bonds. The quantitative estimate of drug-likeness (QED) is 0.318. The van der Waals surface area contributed by atoms with Crippen molar-refractivity contribution in [2.24, 2.45) is 0 Å². The van der Waals surface area contributed by atoms with Crippen molar-refractivity contribution in [1.29, 1.82) is 0 Å². The van der Waals surface area contributed by atoms with Gasteiger partial charge in [0.05, 0.1) is 17.2 Å². The number of anilines is 1. The van der Waals surface area contributed by atoms with Gasteiger partial charge in [-0.3, -0.25) is 19.3 Å². The minimum Gasteiger partial charge on any atom is -0.490 e. The van der Waals surface area contributed by atoms with E-state index in [2.05, 4.69) is 4.74 Å². The summed E-state index contributed by atoms with van der Waals surface area (Å²) in [4.78, 5) is 37.5. The summed E-state index contributed by atoms with van der Waals surface area (Å²) in [6.07, 6.45) is 1.28. The number of halogens is 5. The van der Waals surface area contributed by atoms with Crippen molar-refractivity contribution in [3.8, 4) is 11.5 Å². The van der Waals surface area contributed by atoms with Gasteiger partial charge in [-0.25, -0.2) is 13.2 Å². The van der Waals surface area contributed by atoms with Crippen LogP contribution in [0.4, 0.5) is 32.4 Å². The molecule has 1 saturated heterocycles. The summed E-state index contributed by atoms with van der Waals surface area (Å²) in [5.74, 6) is -6.97. The van der Waals surface area contributed by atoms with Gasteiger partial charge in [0.1, 0.15) is 6.54 Å². The summed E-state index contributed by atoms with van der Waals surface area (Å²) in [5, 5.41) is 1.16. The summed E-state index contributed by atoms with van der Waals surface area (Å²) >= 11 is 0.509. The zero-order valence-corrected chi connectivity index (χ0v) is 18.1. The van der Waals surface area contributed by atoms with Crippen LogP contribution in [0.2, 0.25) is 0 Å². The van der Waals surface area contributed by atoms with Crippen molar-refractivity contribution in [2.45, 2.75) is 13.5 Å². The summed E-state index contributed by atoms with van der Waals surface area (Å²) in [7, 11) is 0. The van der Waals surface area contributed by atoms with Crippen molar-refractivity contribution in [2.75, 3.05) is 18.5 Å². The largest absolute Gasteiger partial charge is 0.490 e. The number of rotatable bonds is 8. The fourth-order valence-corrected chi connectivity index (χ4v) is 3.66. The minimum atomic E-state index is -3.08. The van der Waals surface area contributed by atoms with Crippen LogP contribution in [-0.4, -0.2) is 41.7 Å². The number of carbonyl (C=O) groups excluding carboxylic acids is 3. The Hall–Kier alpha value is -3.61. The monoisotopic (exact) mass is 502 g/mol. The van der Waals surface area contributed by atoms with E-state index in [0.29, 0.717) is 28.3 Å². The van der Waals surface area contributed by atoms with Crippen molar-refractivity contribution in [3.05, 3.63) is 58.3 Å². The molecular weight excluding hydrogens is 487 g/mol. The van der Waals surface area contributed by atoms with Gasteiger partial charge in [0.25, 0.3) is 11.1 Å². The van der Waals surface area contributed by atoms with Crippen LogP contribution in [0, 0.1) is 17.5 Å². The third-order valence-electron chi connectivity index (χ3n) is 4.27. The van der Waals surface area contributed by atoms with Crippen LogP contribution in [0.5, 0.6) is 11.5 Å². The van der Waals surface area contributed by atoms with Gasteiger partial charge in [-0.2, -0.15) is 8.78 Å². The fourth-order valence-electron chi connectivity index (χ4n) is 2.82. The minimum absolute atomic E-state index is 0.0105. The molecular formula is C21H15F5N2O5S. The highest BCUT2D eigenvalue weighted by Crippen LogP contribution is 2.35. The zero-order valence-electron chi connectivity index (χ0n) is 17.2. The molecule has 2 aromatic carbocycles. The van der Waals surface area contributed by atoms with E-state index in [-0.39, 0.29) is 23.0 Å². The van der Waals surface area contributed by atoms with E-state index in [1.807, 2.05) is 5.32 Å². The van der Waals surface area contributed by atoms with Crippen LogP contribution >= 0.6 is 11.8 Å². The summed E-state index contributed by atoms with van der Waals surface area (Å²) < 4.78 is 74.7. The van der Waals surface area contributed by atoms with E-state index in [1.54, 1.807) is 6.92 Å². The van der Waals surface area contributed by atoms with Gasteiger partial charge in [-0.1, -0.05) is 6.07 Å². The highest BCUT2D eigenvalue weighted by Gasteiger charge is 2.36. The maximum absolute atomic E-state index is 13.7. The average molecular weight is 502 g/mol. The highest BCUT2D eigenvalue weighted by molar-refractivity contribution is 8.18. The molecule has 2 aromatic rings. The van der Waals surface area contributed by atoms with Crippen LogP contribution in [0.25, 0.3) is 6.08 Å². The molecule has 1 N–H and O–H groups in total. The third-order valence-corrected chi connectivity index (χ3v) is 5.17. The second-order valence-corrected chi connectivity index (χ2v) is 7.55. The lowest BCUT2D eigenvalue weighted by molar-refractivity contribution is -0.127. The number of hydrogen-bond acceptors (Lipinski definition) is 6. The Morgan fingerprint density at radius 3 is 2.53 bits per heavy atom. The van der Waals surface area contributed by atoms with E-state index in [0.717, 1.165) is 6.07 Å². The van der Waals surface area contributed by atoms with Crippen molar-refractivity contribution in [1.82, 2.24) is 4.90 Å². The van der Waals surface area contributed by atoms with Gasteiger partial charge in [-0.15, -0.1) is 0 Å². The summed E-state index contributed by atoms with van der Waals surface area (Å²) in [5.41, 5.74) is -0.343. The first-order valence-electron chi connectivity index (χ1n) is 9.51. The van der Waals surface area contributed by atoms with Gasteiger partial charge >= 0.3 is 6.61 Å². The Balaban J connectivity index is 1.74. The van der Waals surface area contributed by atoms with Crippen LogP contribution < -0.4 is 14.8 Å². The molecule has 1 heterocycles. The second kappa shape index (κ2) is 10.5. The first kappa shape index (κ1) is 25.0. The number of nitrogens with zero attached hydrogens (tertiary/aromatic N) is 1. The maximum atomic E-state index is 13.7. The lowest BCUT2D eigenvalue weighted by Gasteiger charge is -2.13. The normalized spacial score (nSPS) is 14.8. The van der Waals surface area contributed by atoms with Crippen LogP contribution in [0.15, 0.2) is 35.2 Å². The molecule has 34 heavy (non-hydrogen) atoms. The summed E-state index contributed by atoms with van der Waals surface area (Å²) in [6.45, 7) is -2.12. The molecule has 0 saturated carbocycles. The SMILES string of the molecule is CCOc1cc(/C=C2\SC(=O)N(CC(=O)Nc3ccc(F)c(F)c3F)C2=O)ccc1OC(F)F. The molecule has 1 fully saturated rings. The number of amides is 3. The standard InChI is InChI=1S/C21H15F5N2O5S/c1-2-32-14-7-10(3-6-13(14)33-20(25)26)8-15-19(30)28(21(31)34-15)9-16(29)27-12-5-4-11(22)17(23)18(12)24/h3-8,20H,2,9H2,1H3,(H,27,29)/b15-8-. The predicted octanol–water partition coefficient (Wildman–Crippen LogP) is 4.78. The Morgan fingerprint density at radius 1 is 1.12 bits per heavy atom. The van der Waals surface area contributed by atoms with Gasteiger partial charge in [0.2, 0.25) is 5.91 Å². The lowest BCUT2D eigenvalue weighted by atomic mass is 10.2. The smallest absolute Gasteiger partial charge is 0.387 e. The predicted molar refractivity (Wildman–Crippen MR) is 112 cm³/mol. The van der Waals surface area contributed by atoms with E-state index in [9.17, 15) is 36.3 Å². The Morgan fingerprint density at radius 2 is 1.85 bits per heavy atom. The average Bonchev–Trinajstić information content (AvgIpc) is 3.03. The number of benzene rings is 2. The fraction of sp³-hybridized carbons (Fsp3) is 0.190. The second-order valence-electron chi connectivity index (χ2n) is 6.56. The molecule has 3 rings (SSSR count). The highest BCUT2D eigenvalue weighted by atomic mass is 32.2. The zero-order chi connectivity index (χ0) is 25.0. The molecule has 0 spiro atoms. The van der Waals surface area contributed by atoms with E-state index in [4.69, 9.17) is 4.74 Å². The molecule has 0 aromatic heterocycles. The third kappa shape index (κ3) is 5.65. The van der Waals surface area contributed by atoms with Gasteiger partial charge < -0.3 is 14.8 Å². The van der Waals surface area contributed by atoms with Crippen molar-refractivity contribution >= 4 is 40.6 Å². The molecule has 0 radical (unpaired) electrons. The van der Waals surface area contributed by atoms with Crippen LogP contribution in [-0.2, 0) is 9.59 Å². The molecule has 13 heteroatoms. The number of imide groups is 1. The number of hydrogen-bond donors (Lipinski definition) is 1. The van der Waals surface area contributed by atoms with Crippen LogP contribution in [0.1, 0.15) is 12.5 Å². The molecule has 0 atom stereocenters. The van der Waals surface area contributed by atoms with Crippen molar-refractivity contribution < 1.29 is 45.8 Å². The first-order valence-corrected chi connectivity index (χ1v) is 10.3. The van der Waals surface area contributed by atoms with E-state index < -0.39 is 53.3 Å².